The van der Waals surface area contributed by atoms with Crippen molar-refractivity contribution < 1.29 is 24.3 Å². The summed E-state index contributed by atoms with van der Waals surface area (Å²) in [5.74, 6) is -2.05. The van der Waals surface area contributed by atoms with Gasteiger partial charge in [0.2, 0.25) is 17.7 Å². The average molecular weight is 462 g/mol. The number of hydrogen-bond acceptors (Lipinski definition) is 4. The Bertz CT molecular complexity index is 761. The molecule has 0 spiro atoms. The Kier molecular flexibility index (Phi) is 8.92. The van der Waals surface area contributed by atoms with Crippen LogP contribution in [-0.4, -0.2) is 69.8 Å². The van der Waals surface area contributed by atoms with Gasteiger partial charge in [0.15, 0.2) is 0 Å². The molecule has 3 rings (SSSR count). The van der Waals surface area contributed by atoms with E-state index in [2.05, 4.69) is 5.32 Å². The molecule has 0 bridgehead atoms. The van der Waals surface area contributed by atoms with Crippen LogP contribution in [-0.2, 0) is 19.2 Å². The van der Waals surface area contributed by atoms with Crippen LogP contribution in [0.5, 0.6) is 0 Å². The van der Waals surface area contributed by atoms with Crippen molar-refractivity contribution in [1.29, 1.82) is 0 Å². The molecule has 0 aliphatic carbocycles. The first-order valence-corrected chi connectivity index (χ1v) is 12.6. The van der Waals surface area contributed by atoms with Gasteiger partial charge in [-0.25, -0.2) is 4.79 Å². The van der Waals surface area contributed by atoms with E-state index in [0.717, 1.165) is 58.0 Å². The topological polar surface area (TPSA) is 107 Å². The van der Waals surface area contributed by atoms with E-state index in [1.54, 1.807) is 4.90 Å². The first kappa shape index (κ1) is 25.2. The SMILES string of the molecule is CC1(C(=O)O)C/C=C\CCCCC[C@H](CC(=O)N2CCCCC2)C(=O)N2CCC[C@H]2C(=O)N1. The van der Waals surface area contributed by atoms with Gasteiger partial charge in [-0.05, 0) is 64.7 Å². The van der Waals surface area contributed by atoms with Crippen LogP contribution in [0.1, 0.15) is 84.0 Å². The van der Waals surface area contributed by atoms with E-state index in [4.69, 9.17) is 0 Å². The number of carboxylic acid groups (broad SMARTS) is 1. The van der Waals surface area contributed by atoms with Crippen molar-refractivity contribution in [2.24, 2.45) is 5.92 Å². The number of amides is 3. The Labute approximate surface area is 196 Å². The molecule has 8 heteroatoms. The monoisotopic (exact) mass is 461 g/mol. The van der Waals surface area contributed by atoms with Crippen molar-refractivity contribution in [3.8, 4) is 0 Å². The first-order valence-electron chi connectivity index (χ1n) is 12.6. The van der Waals surface area contributed by atoms with Crippen molar-refractivity contribution >= 4 is 23.7 Å². The number of aliphatic carboxylic acids is 1. The van der Waals surface area contributed by atoms with Crippen molar-refractivity contribution in [2.75, 3.05) is 19.6 Å². The maximum absolute atomic E-state index is 13.6. The summed E-state index contributed by atoms with van der Waals surface area (Å²) in [5.41, 5.74) is -1.42. The van der Waals surface area contributed by atoms with E-state index >= 15 is 0 Å². The van der Waals surface area contributed by atoms with Crippen LogP contribution in [0, 0.1) is 5.92 Å². The molecule has 1 unspecified atom stereocenters. The number of likely N-dealkylation sites (tertiary alicyclic amines) is 1. The summed E-state index contributed by atoms with van der Waals surface area (Å²) in [6, 6.07) is -0.683. The third-order valence-electron chi connectivity index (χ3n) is 7.30. The van der Waals surface area contributed by atoms with Crippen LogP contribution in [0.15, 0.2) is 12.2 Å². The zero-order chi connectivity index (χ0) is 23.8. The van der Waals surface area contributed by atoms with Gasteiger partial charge < -0.3 is 20.2 Å². The lowest BCUT2D eigenvalue weighted by Crippen LogP contribution is -2.57. The van der Waals surface area contributed by atoms with Crippen LogP contribution in [0.3, 0.4) is 0 Å². The summed E-state index contributed by atoms with van der Waals surface area (Å²) in [7, 11) is 0. The van der Waals surface area contributed by atoms with Gasteiger partial charge in [-0.1, -0.05) is 25.0 Å². The van der Waals surface area contributed by atoms with E-state index < -0.39 is 29.4 Å². The third-order valence-corrected chi connectivity index (χ3v) is 7.30. The molecule has 33 heavy (non-hydrogen) atoms. The van der Waals surface area contributed by atoms with Gasteiger partial charge in [0.1, 0.15) is 11.6 Å². The third kappa shape index (κ3) is 6.58. The average Bonchev–Trinajstić information content (AvgIpc) is 3.29. The fraction of sp³-hybridized carbons (Fsp3) is 0.760. The van der Waals surface area contributed by atoms with Gasteiger partial charge in [-0.15, -0.1) is 0 Å². The smallest absolute Gasteiger partial charge is 0.329 e. The maximum Gasteiger partial charge on any atom is 0.329 e. The first-order chi connectivity index (χ1) is 15.8. The molecule has 3 heterocycles. The molecule has 0 radical (unpaired) electrons. The van der Waals surface area contributed by atoms with Gasteiger partial charge in [-0.3, -0.25) is 14.4 Å². The minimum atomic E-state index is -1.42. The Hall–Kier alpha value is -2.38. The lowest BCUT2D eigenvalue weighted by atomic mass is 9.94. The molecule has 2 N–H and O–H groups in total. The minimum absolute atomic E-state index is 0.0348. The predicted molar refractivity (Wildman–Crippen MR) is 124 cm³/mol. The van der Waals surface area contributed by atoms with E-state index in [0.29, 0.717) is 25.8 Å². The van der Waals surface area contributed by atoms with Gasteiger partial charge in [0.25, 0.3) is 0 Å². The Morgan fingerprint density at radius 1 is 1.00 bits per heavy atom. The number of nitrogens with zero attached hydrogens (tertiary/aromatic N) is 2. The second kappa shape index (κ2) is 11.7. The molecule has 0 aromatic carbocycles. The van der Waals surface area contributed by atoms with Gasteiger partial charge in [0, 0.05) is 32.0 Å². The highest BCUT2D eigenvalue weighted by molar-refractivity contribution is 5.94. The summed E-state index contributed by atoms with van der Waals surface area (Å²) >= 11 is 0. The van der Waals surface area contributed by atoms with E-state index in [1.165, 1.54) is 6.92 Å². The molecule has 3 amide bonds. The van der Waals surface area contributed by atoms with Crippen molar-refractivity contribution in [2.45, 2.75) is 95.6 Å². The maximum atomic E-state index is 13.6. The molecule has 184 valence electrons. The number of carbonyl (C=O) groups is 4. The number of carbonyl (C=O) groups excluding carboxylic acids is 3. The Morgan fingerprint density at radius 2 is 1.73 bits per heavy atom. The van der Waals surface area contributed by atoms with Crippen molar-refractivity contribution in [3.05, 3.63) is 12.2 Å². The van der Waals surface area contributed by atoms with Crippen LogP contribution in [0.2, 0.25) is 0 Å². The molecule has 0 saturated carbocycles. The van der Waals surface area contributed by atoms with Gasteiger partial charge >= 0.3 is 5.97 Å². The van der Waals surface area contributed by atoms with Crippen LogP contribution in [0.4, 0.5) is 0 Å². The predicted octanol–water partition coefficient (Wildman–Crippen LogP) is 2.87. The summed E-state index contributed by atoms with van der Waals surface area (Å²) in [6.07, 6.45) is 12.8. The molecule has 2 saturated heterocycles. The quantitative estimate of drug-likeness (QED) is 0.629. The number of piperidine rings is 1. The lowest BCUT2D eigenvalue weighted by Gasteiger charge is -2.32. The normalized spacial score (nSPS) is 31.2. The highest BCUT2D eigenvalue weighted by atomic mass is 16.4. The number of hydrogen-bond donors (Lipinski definition) is 2. The number of nitrogens with one attached hydrogen (secondary N) is 1. The highest BCUT2D eigenvalue weighted by Gasteiger charge is 2.42. The number of rotatable bonds is 3. The molecule has 2 fully saturated rings. The van der Waals surface area contributed by atoms with E-state index in [-0.39, 0.29) is 24.7 Å². The zero-order valence-electron chi connectivity index (χ0n) is 19.9. The summed E-state index contributed by atoms with van der Waals surface area (Å²) < 4.78 is 0. The Morgan fingerprint density at radius 3 is 2.45 bits per heavy atom. The second-order valence-corrected chi connectivity index (χ2v) is 9.97. The fourth-order valence-electron chi connectivity index (χ4n) is 5.15. The molecule has 0 aromatic rings. The van der Waals surface area contributed by atoms with Gasteiger partial charge in [0.05, 0.1) is 0 Å². The van der Waals surface area contributed by atoms with Crippen LogP contribution >= 0.6 is 0 Å². The molecule has 3 aliphatic rings. The molecule has 3 aliphatic heterocycles. The van der Waals surface area contributed by atoms with Crippen molar-refractivity contribution in [3.63, 3.8) is 0 Å². The number of allylic oxidation sites excluding steroid dienone is 1. The Balaban J connectivity index is 1.78. The van der Waals surface area contributed by atoms with E-state index in [9.17, 15) is 24.3 Å². The molecular weight excluding hydrogens is 422 g/mol. The second-order valence-electron chi connectivity index (χ2n) is 9.97. The summed E-state index contributed by atoms with van der Waals surface area (Å²) in [6.45, 7) is 3.50. The number of carboxylic acids is 1. The fourth-order valence-corrected chi connectivity index (χ4v) is 5.15. The standard InChI is InChI=1S/C25H39N3O5/c1-25(24(32)33)14-8-5-3-2-4-7-12-19(18-21(29)27-15-9-6-10-16-27)23(31)28-17-11-13-20(28)22(30)26-25/h5,8,19-20H,2-4,6-7,9-18H2,1H3,(H,26,30)(H,32,33)/b8-5-/t19-,20+,25?/m1/s1. The van der Waals surface area contributed by atoms with Crippen molar-refractivity contribution in [1.82, 2.24) is 15.1 Å². The molecular formula is C25H39N3O5. The molecule has 3 atom stereocenters. The molecule has 0 aromatic heterocycles. The highest BCUT2D eigenvalue weighted by Crippen LogP contribution is 2.27. The summed E-state index contributed by atoms with van der Waals surface area (Å²) in [4.78, 5) is 55.0. The van der Waals surface area contributed by atoms with Gasteiger partial charge in [-0.2, -0.15) is 0 Å². The largest absolute Gasteiger partial charge is 0.480 e. The minimum Gasteiger partial charge on any atom is -0.480 e. The molecule has 8 nitrogen and oxygen atoms in total. The number of fused-ring (bicyclic) bond motifs is 1. The van der Waals surface area contributed by atoms with Crippen LogP contribution in [0.25, 0.3) is 0 Å². The zero-order valence-corrected chi connectivity index (χ0v) is 19.9. The lowest BCUT2D eigenvalue weighted by molar-refractivity contribution is -0.149. The summed E-state index contributed by atoms with van der Waals surface area (Å²) in [5, 5.41) is 12.5. The van der Waals surface area contributed by atoms with Crippen LogP contribution < -0.4 is 5.32 Å². The van der Waals surface area contributed by atoms with E-state index in [1.807, 2.05) is 17.1 Å².